The minimum absolute atomic E-state index is 0.136. The molecule has 0 aliphatic carbocycles. The van der Waals surface area contributed by atoms with Crippen LogP contribution in [0, 0.1) is 5.92 Å². The lowest BCUT2D eigenvalue weighted by molar-refractivity contribution is 0.0593. The van der Waals surface area contributed by atoms with E-state index in [1.807, 2.05) is 0 Å². The van der Waals surface area contributed by atoms with Gasteiger partial charge in [0.25, 0.3) is 0 Å². The Morgan fingerprint density at radius 2 is 2.28 bits per heavy atom. The van der Waals surface area contributed by atoms with Gasteiger partial charge in [0.15, 0.2) is 5.69 Å². The predicted molar refractivity (Wildman–Crippen MR) is 67.3 cm³/mol. The van der Waals surface area contributed by atoms with Gasteiger partial charge in [-0.1, -0.05) is 6.92 Å². The normalized spacial score (nSPS) is 23.8. The summed E-state index contributed by atoms with van der Waals surface area (Å²) in [6.07, 6.45) is 4.07. The van der Waals surface area contributed by atoms with Crippen molar-refractivity contribution >= 4 is 11.8 Å². The molecule has 6 heteroatoms. The zero-order valence-corrected chi connectivity index (χ0v) is 10.7. The molecule has 0 amide bonds. The number of carbonyl (C=O) groups excluding carboxylic acids is 1. The molecular formula is C12H18N4O2. The number of methoxy groups -OCH3 is 1. The van der Waals surface area contributed by atoms with Crippen molar-refractivity contribution in [2.24, 2.45) is 11.7 Å². The molecule has 0 bridgehead atoms. The van der Waals surface area contributed by atoms with E-state index in [-0.39, 0.29) is 11.7 Å². The number of esters is 1. The topological polar surface area (TPSA) is 81.3 Å². The number of nitrogens with two attached hydrogens (primary N) is 1. The van der Waals surface area contributed by atoms with E-state index < -0.39 is 5.97 Å². The number of aromatic nitrogens is 2. The summed E-state index contributed by atoms with van der Waals surface area (Å²) in [6, 6.07) is 0.136. The van der Waals surface area contributed by atoms with E-state index in [0.717, 1.165) is 19.5 Å². The molecule has 18 heavy (non-hydrogen) atoms. The van der Waals surface area contributed by atoms with E-state index in [1.165, 1.54) is 13.3 Å². The van der Waals surface area contributed by atoms with Crippen molar-refractivity contribution in [3.05, 3.63) is 18.1 Å². The molecule has 6 nitrogen and oxygen atoms in total. The van der Waals surface area contributed by atoms with Crippen molar-refractivity contribution in [2.45, 2.75) is 19.4 Å². The summed E-state index contributed by atoms with van der Waals surface area (Å²) >= 11 is 0. The number of anilines is 1. The quantitative estimate of drug-likeness (QED) is 0.767. The van der Waals surface area contributed by atoms with Crippen LogP contribution in [0.5, 0.6) is 0 Å². The molecule has 0 spiro atoms. The van der Waals surface area contributed by atoms with E-state index in [0.29, 0.717) is 11.7 Å². The zero-order chi connectivity index (χ0) is 13.1. The van der Waals surface area contributed by atoms with Crippen LogP contribution in [-0.2, 0) is 4.74 Å². The summed E-state index contributed by atoms with van der Waals surface area (Å²) in [4.78, 5) is 21.8. The maximum Gasteiger partial charge on any atom is 0.358 e. The molecule has 2 N–H and O–H groups in total. The first-order valence-electron chi connectivity index (χ1n) is 6.01. The van der Waals surface area contributed by atoms with Crippen molar-refractivity contribution in [2.75, 3.05) is 25.1 Å². The van der Waals surface area contributed by atoms with E-state index in [2.05, 4.69) is 26.5 Å². The molecule has 0 aromatic carbocycles. The van der Waals surface area contributed by atoms with Gasteiger partial charge in [-0.25, -0.2) is 9.78 Å². The third kappa shape index (κ3) is 2.76. The summed E-state index contributed by atoms with van der Waals surface area (Å²) in [5.74, 6) is 0.718. The second kappa shape index (κ2) is 5.30. The second-order valence-electron chi connectivity index (χ2n) is 4.76. The van der Waals surface area contributed by atoms with Crippen molar-refractivity contribution in [1.82, 2.24) is 9.97 Å². The van der Waals surface area contributed by atoms with Gasteiger partial charge >= 0.3 is 5.97 Å². The third-order valence-electron chi connectivity index (χ3n) is 3.03. The van der Waals surface area contributed by atoms with Gasteiger partial charge in [-0.05, 0) is 12.3 Å². The fourth-order valence-electron chi connectivity index (χ4n) is 2.30. The van der Waals surface area contributed by atoms with Crippen LogP contribution in [0.3, 0.4) is 0 Å². The van der Waals surface area contributed by atoms with Crippen LogP contribution in [0.15, 0.2) is 12.4 Å². The summed E-state index contributed by atoms with van der Waals surface area (Å²) in [5.41, 5.74) is 6.22. The van der Waals surface area contributed by atoms with Crippen LogP contribution in [-0.4, -0.2) is 42.2 Å². The Kier molecular flexibility index (Phi) is 3.76. The Morgan fingerprint density at radius 3 is 2.94 bits per heavy atom. The molecule has 1 aromatic heterocycles. The Labute approximate surface area is 106 Å². The summed E-state index contributed by atoms with van der Waals surface area (Å²) in [7, 11) is 1.33. The van der Waals surface area contributed by atoms with Crippen molar-refractivity contribution in [3.8, 4) is 0 Å². The molecule has 1 aromatic rings. The highest BCUT2D eigenvalue weighted by atomic mass is 16.5. The average Bonchev–Trinajstić information content (AvgIpc) is 2.37. The molecule has 0 saturated carbocycles. The molecule has 2 rings (SSSR count). The summed E-state index contributed by atoms with van der Waals surface area (Å²) in [6.45, 7) is 3.78. The number of piperidine rings is 1. The van der Waals surface area contributed by atoms with Crippen LogP contribution >= 0.6 is 0 Å². The number of ether oxygens (including phenoxy) is 1. The molecule has 1 aliphatic heterocycles. The van der Waals surface area contributed by atoms with Gasteiger partial charge in [0, 0.05) is 19.1 Å². The fraction of sp³-hybridized carbons (Fsp3) is 0.583. The fourth-order valence-corrected chi connectivity index (χ4v) is 2.30. The molecule has 1 fully saturated rings. The largest absolute Gasteiger partial charge is 0.464 e. The maximum absolute atomic E-state index is 11.4. The van der Waals surface area contributed by atoms with Gasteiger partial charge in [-0.15, -0.1) is 0 Å². The van der Waals surface area contributed by atoms with Gasteiger partial charge in [-0.2, -0.15) is 0 Å². The third-order valence-corrected chi connectivity index (χ3v) is 3.03. The Balaban J connectivity index is 2.20. The highest BCUT2D eigenvalue weighted by Gasteiger charge is 2.23. The molecule has 98 valence electrons. The molecule has 2 atom stereocenters. The average molecular weight is 250 g/mol. The molecule has 1 saturated heterocycles. The van der Waals surface area contributed by atoms with Crippen molar-refractivity contribution in [1.29, 1.82) is 0 Å². The van der Waals surface area contributed by atoms with Crippen LogP contribution in [0.1, 0.15) is 23.8 Å². The highest BCUT2D eigenvalue weighted by Crippen LogP contribution is 2.20. The van der Waals surface area contributed by atoms with Crippen LogP contribution < -0.4 is 10.6 Å². The van der Waals surface area contributed by atoms with E-state index in [9.17, 15) is 4.79 Å². The minimum atomic E-state index is -0.473. The minimum Gasteiger partial charge on any atom is -0.464 e. The van der Waals surface area contributed by atoms with E-state index in [4.69, 9.17) is 5.73 Å². The first-order valence-corrected chi connectivity index (χ1v) is 6.01. The Morgan fingerprint density at radius 1 is 1.50 bits per heavy atom. The van der Waals surface area contributed by atoms with Crippen LogP contribution in [0.25, 0.3) is 0 Å². The monoisotopic (exact) mass is 250 g/mol. The van der Waals surface area contributed by atoms with Crippen molar-refractivity contribution in [3.63, 3.8) is 0 Å². The Bertz CT molecular complexity index is 428. The lowest BCUT2D eigenvalue weighted by atomic mass is 9.97. The first kappa shape index (κ1) is 12.8. The van der Waals surface area contributed by atoms with Crippen LogP contribution in [0.2, 0.25) is 0 Å². The van der Waals surface area contributed by atoms with Gasteiger partial charge in [0.1, 0.15) is 5.82 Å². The standard InChI is InChI=1S/C12H18N4O2/c1-8-3-9(13)7-16(6-8)11-5-14-4-10(15-11)12(17)18-2/h4-5,8-9H,3,6-7,13H2,1-2H3. The molecular weight excluding hydrogens is 232 g/mol. The van der Waals surface area contributed by atoms with Crippen LogP contribution in [0.4, 0.5) is 5.82 Å². The van der Waals surface area contributed by atoms with Gasteiger partial charge in [0.2, 0.25) is 0 Å². The zero-order valence-electron chi connectivity index (χ0n) is 10.7. The van der Waals surface area contributed by atoms with E-state index in [1.54, 1.807) is 6.20 Å². The molecule has 1 aliphatic rings. The molecule has 2 unspecified atom stereocenters. The number of hydrogen-bond acceptors (Lipinski definition) is 6. The number of hydrogen-bond donors (Lipinski definition) is 1. The lowest BCUT2D eigenvalue weighted by Gasteiger charge is -2.35. The maximum atomic E-state index is 11.4. The van der Waals surface area contributed by atoms with Crippen molar-refractivity contribution < 1.29 is 9.53 Å². The van der Waals surface area contributed by atoms with Gasteiger partial charge < -0.3 is 15.4 Å². The molecule has 0 radical (unpaired) electrons. The summed E-state index contributed by atoms with van der Waals surface area (Å²) < 4.78 is 4.64. The molecule has 2 heterocycles. The number of rotatable bonds is 2. The Hall–Kier alpha value is -1.69. The first-order chi connectivity index (χ1) is 8.60. The highest BCUT2D eigenvalue weighted by molar-refractivity contribution is 5.87. The lowest BCUT2D eigenvalue weighted by Crippen LogP contribution is -2.46. The number of nitrogens with zero attached hydrogens (tertiary/aromatic N) is 3. The predicted octanol–water partition coefficient (Wildman–Crippen LogP) is 0.437. The van der Waals surface area contributed by atoms with Gasteiger partial charge in [-0.3, -0.25) is 4.98 Å². The second-order valence-corrected chi connectivity index (χ2v) is 4.76. The smallest absolute Gasteiger partial charge is 0.358 e. The SMILES string of the molecule is COC(=O)c1cncc(N2CC(C)CC(N)C2)n1. The summed E-state index contributed by atoms with van der Waals surface area (Å²) in [5, 5.41) is 0. The number of carbonyl (C=O) groups is 1. The van der Waals surface area contributed by atoms with E-state index >= 15 is 0 Å². The van der Waals surface area contributed by atoms with Gasteiger partial charge in [0.05, 0.1) is 19.5 Å².